The first-order valence-corrected chi connectivity index (χ1v) is 11.1. The molecular formula is C23H40IN5O2. The number of nitrogens with zero attached hydrogens (tertiary/aromatic N) is 4. The van der Waals surface area contributed by atoms with Gasteiger partial charge in [-0.15, -0.1) is 24.0 Å². The highest BCUT2D eigenvalue weighted by atomic mass is 127. The van der Waals surface area contributed by atoms with E-state index in [9.17, 15) is 4.79 Å². The third-order valence-electron chi connectivity index (χ3n) is 5.25. The monoisotopic (exact) mass is 545 g/mol. The summed E-state index contributed by atoms with van der Waals surface area (Å²) in [7, 11) is 5.51. The quantitative estimate of drug-likeness (QED) is 0.212. The van der Waals surface area contributed by atoms with Gasteiger partial charge in [-0.1, -0.05) is 12.1 Å². The molecule has 1 N–H and O–H groups in total. The zero-order valence-corrected chi connectivity index (χ0v) is 21.9. The summed E-state index contributed by atoms with van der Waals surface area (Å²) >= 11 is 0. The van der Waals surface area contributed by atoms with Gasteiger partial charge in [0, 0.05) is 66.2 Å². The second-order valence-corrected chi connectivity index (χ2v) is 7.98. The minimum absolute atomic E-state index is 0. The number of hydrogen-bond donors (Lipinski definition) is 1. The van der Waals surface area contributed by atoms with Gasteiger partial charge in [-0.05, 0) is 50.3 Å². The fraction of sp³-hybridized carbons (Fsp3) is 0.652. The van der Waals surface area contributed by atoms with Crippen molar-refractivity contribution in [1.29, 1.82) is 0 Å². The van der Waals surface area contributed by atoms with Crippen LogP contribution in [0.5, 0.6) is 0 Å². The summed E-state index contributed by atoms with van der Waals surface area (Å²) in [6.07, 6.45) is 4.80. The number of halogens is 1. The number of rotatable bonds is 10. The summed E-state index contributed by atoms with van der Waals surface area (Å²) in [4.78, 5) is 22.6. The molecule has 1 aromatic carbocycles. The number of anilines is 1. The summed E-state index contributed by atoms with van der Waals surface area (Å²) in [5.41, 5.74) is 2.53. The zero-order chi connectivity index (χ0) is 21.8. The van der Waals surface area contributed by atoms with Crippen molar-refractivity contribution in [2.75, 3.05) is 65.4 Å². The fourth-order valence-electron chi connectivity index (χ4n) is 3.43. The van der Waals surface area contributed by atoms with Crippen LogP contribution in [0.1, 0.15) is 38.2 Å². The second-order valence-electron chi connectivity index (χ2n) is 7.98. The Labute approximate surface area is 205 Å². The summed E-state index contributed by atoms with van der Waals surface area (Å²) < 4.78 is 5.40. The standard InChI is InChI=1S/C23H39N5O2.HI/c1-5-30-17-9-14-24-23(25-18-22(29)26(2)3)27(4)19-20-10-12-21(13-11-20)28-15-7-6-8-16-28;/h10-13H,5-9,14-19H2,1-4H3,(H,24,25);1H. The summed E-state index contributed by atoms with van der Waals surface area (Å²) in [5, 5.41) is 3.37. The van der Waals surface area contributed by atoms with Gasteiger partial charge >= 0.3 is 0 Å². The maximum atomic E-state index is 12.0. The summed E-state index contributed by atoms with van der Waals surface area (Å²) in [5.74, 6) is 0.727. The molecule has 0 bridgehead atoms. The molecule has 1 aliphatic heterocycles. The van der Waals surface area contributed by atoms with Gasteiger partial charge in [0.15, 0.2) is 5.96 Å². The van der Waals surface area contributed by atoms with Gasteiger partial charge in [-0.3, -0.25) is 4.79 Å². The molecule has 0 aliphatic carbocycles. The van der Waals surface area contributed by atoms with E-state index in [-0.39, 0.29) is 36.4 Å². The Kier molecular flexibility index (Phi) is 13.6. The topological polar surface area (TPSA) is 60.4 Å². The van der Waals surface area contributed by atoms with Crippen LogP contribution in [-0.4, -0.2) is 82.2 Å². The van der Waals surface area contributed by atoms with E-state index in [4.69, 9.17) is 4.74 Å². The van der Waals surface area contributed by atoms with Crippen molar-refractivity contribution in [3.63, 3.8) is 0 Å². The van der Waals surface area contributed by atoms with Crippen molar-refractivity contribution in [2.45, 2.75) is 39.2 Å². The Bertz CT molecular complexity index is 660. The summed E-state index contributed by atoms with van der Waals surface area (Å²) in [6, 6.07) is 8.82. The molecule has 2 rings (SSSR count). The van der Waals surface area contributed by atoms with E-state index in [1.54, 1.807) is 19.0 Å². The van der Waals surface area contributed by atoms with Crippen LogP contribution in [0.2, 0.25) is 0 Å². The van der Waals surface area contributed by atoms with Gasteiger partial charge in [-0.2, -0.15) is 0 Å². The van der Waals surface area contributed by atoms with E-state index >= 15 is 0 Å². The highest BCUT2D eigenvalue weighted by molar-refractivity contribution is 14.0. The van der Waals surface area contributed by atoms with Crippen LogP contribution in [0.25, 0.3) is 0 Å². The molecule has 1 heterocycles. The molecule has 1 amide bonds. The number of carbonyl (C=O) groups excluding carboxylic acids is 1. The molecule has 1 aromatic rings. The van der Waals surface area contributed by atoms with Gasteiger partial charge in [0.05, 0.1) is 0 Å². The van der Waals surface area contributed by atoms with E-state index < -0.39 is 0 Å². The third kappa shape index (κ3) is 10.1. The molecule has 0 saturated carbocycles. The Hall–Kier alpha value is -1.55. The lowest BCUT2D eigenvalue weighted by Crippen LogP contribution is -2.40. The maximum Gasteiger partial charge on any atom is 0.243 e. The molecule has 0 aromatic heterocycles. The van der Waals surface area contributed by atoms with Crippen LogP contribution >= 0.6 is 24.0 Å². The molecule has 1 saturated heterocycles. The first-order valence-electron chi connectivity index (χ1n) is 11.1. The summed E-state index contributed by atoms with van der Waals surface area (Å²) in [6.45, 7) is 7.38. The van der Waals surface area contributed by atoms with E-state index in [2.05, 4.69) is 44.4 Å². The SMILES string of the molecule is CCOCCCNC(=NCC(=O)N(C)C)N(C)Cc1ccc(N2CCCCC2)cc1.I. The minimum Gasteiger partial charge on any atom is -0.382 e. The molecule has 1 fully saturated rings. The molecule has 0 unspecified atom stereocenters. The van der Waals surface area contributed by atoms with E-state index in [0.29, 0.717) is 0 Å². The van der Waals surface area contributed by atoms with Crippen molar-refractivity contribution < 1.29 is 9.53 Å². The number of piperidine rings is 1. The Balaban J connectivity index is 0.00000480. The minimum atomic E-state index is -0.0112. The Morgan fingerprint density at radius 1 is 1.13 bits per heavy atom. The average molecular weight is 546 g/mol. The lowest BCUT2D eigenvalue weighted by atomic mass is 10.1. The normalized spacial score (nSPS) is 14.1. The molecule has 7 nitrogen and oxygen atoms in total. The molecule has 31 heavy (non-hydrogen) atoms. The Morgan fingerprint density at radius 3 is 2.42 bits per heavy atom. The third-order valence-corrected chi connectivity index (χ3v) is 5.25. The van der Waals surface area contributed by atoms with Gasteiger partial charge in [0.1, 0.15) is 6.54 Å². The molecule has 0 spiro atoms. The fourth-order valence-corrected chi connectivity index (χ4v) is 3.43. The van der Waals surface area contributed by atoms with Crippen molar-refractivity contribution in [3.05, 3.63) is 29.8 Å². The maximum absolute atomic E-state index is 12.0. The smallest absolute Gasteiger partial charge is 0.243 e. The average Bonchev–Trinajstić information content (AvgIpc) is 2.76. The number of aliphatic imine (C=N–C) groups is 1. The number of carbonyl (C=O) groups is 1. The Morgan fingerprint density at radius 2 is 1.81 bits per heavy atom. The van der Waals surface area contributed by atoms with Crippen molar-refractivity contribution in [3.8, 4) is 0 Å². The van der Waals surface area contributed by atoms with Crippen molar-refractivity contribution in [1.82, 2.24) is 15.1 Å². The highest BCUT2D eigenvalue weighted by Crippen LogP contribution is 2.20. The van der Waals surface area contributed by atoms with Crippen molar-refractivity contribution >= 4 is 41.5 Å². The van der Waals surface area contributed by atoms with Gasteiger partial charge in [0.25, 0.3) is 0 Å². The van der Waals surface area contributed by atoms with E-state index in [1.807, 2.05) is 14.0 Å². The first kappa shape index (κ1) is 27.5. The van der Waals surface area contributed by atoms with E-state index in [0.717, 1.165) is 51.8 Å². The largest absolute Gasteiger partial charge is 0.382 e. The van der Waals surface area contributed by atoms with Crippen LogP contribution < -0.4 is 10.2 Å². The van der Waals surface area contributed by atoms with Crippen LogP contribution in [0.4, 0.5) is 5.69 Å². The van der Waals surface area contributed by atoms with Gasteiger partial charge < -0.3 is 24.8 Å². The predicted octanol–water partition coefficient (Wildman–Crippen LogP) is 3.19. The number of nitrogens with one attached hydrogen (secondary N) is 1. The number of likely N-dealkylation sites (N-methyl/N-ethyl adjacent to an activating group) is 1. The van der Waals surface area contributed by atoms with Crippen LogP contribution in [0.15, 0.2) is 29.3 Å². The molecule has 1 aliphatic rings. The highest BCUT2D eigenvalue weighted by Gasteiger charge is 2.12. The number of ether oxygens (including phenoxy) is 1. The lowest BCUT2D eigenvalue weighted by molar-refractivity contribution is -0.127. The number of guanidine groups is 1. The number of benzene rings is 1. The second kappa shape index (κ2) is 15.3. The predicted molar refractivity (Wildman–Crippen MR) is 139 cm³/mol. The molecule has 0 atom stereocenters. The van der Waals surface area contributed by atoms with Crippen LogP contribution in [0.3, 0.4) is 0 Å². The lowest BCUT2D eigenvalue weighted by Gasteiger charge is -2.29. The van der Waals surface area contributed by atoms with Gasteiger partial charge in [-0.25, -0.2) is 4.99 Å². The first-order chi connectivity index (χ1) is 14.5. The van der Waals surface area contributed by atoms with E-state index in [1.165, 1.54) is 30.5 Å². The zero-order valence-electron chi connectivity index (χ0n) is 19.6. The molecule has 0 radical (unpaired) electrons. The molecule has 8 heteroatoms. The molecular weight excluding hydrogens is 505 g/mol. The van der Waals surface area contributed by atoms with Crippen molar-refractivity contribution in [2.24, 2.45) is 4.99 Å². The molecule has 176 valence electrons. The number of amides is 1. The van der Waals surface area contributed by atoms with Crippen LogP contribution in [-0.2, 0) is 16.1 Å². The van der Waals surface area contributed by atoms with Gasteiger partial charge in [0.2, 0.25) is 5.91 Å². The van der Waals surface area contributed by atoms with Crippen LogP contribution in [0, 0.1) is 0 Å². The number of hydrogen-bond acceptors (Lipinski definition) is 4.